The molecule has 0 aliphatic rings. The second kappa shape index (κ2) is 17.6. The molecule has 1 atom stereocenters. The Morgan fingerprint density at radius 1 is 0.731 bits per heavy atom. The van der Waals surface area contributed by atoms with Gasteiger partial charge in [-0.05, 0) is 0 Å². The minimum absolute atomic E-state index is 0.941. The van der Waals surface area contributed by atoms with Gasteiger partial charge in [0.25, 0.3) is 0 Å². The summed E-state index contributed by atoms with van der Waals surface area (Å²) in [6, 6.07) is 2.48. The van der Waals surface area contributed by atoms with E-state index in [9.17, 15) is 0 Å². The molecule has 26 heavy (non-hydrogen) atoms. The molecule has 0 saturated carbocycles. The Labute approximate surface area is 182 Å². The molecule has 1 rings (SSSR count). The summed E-state index contributed by atoms with van der Waals surface area (Å²) in [5.41, 5.74) is 1.63. The average molecular weight is 483 g/mol. The Morgan fingerprint density at radius 3 is 1.62 bits per heavy atom. The van der Waals surface area contributed by atoms with Crippen LogP contribution in [0.15, 0.2) is 11.4 Å². The molecule has 0 fully saturated rings. The van der Waals surface area contributed by atoms with Crippen molar-refractivity contribution in [3.63, 3.8) is 0 Å². The van der Waals surface area contributed by atoms with Crippen LogP contribution in [0.3, 0.4) is 0 Å². The van der Waals surface area contributed by atoms with Crippen molar-refractivity contribution in [2.75, 3.05) is 0 Å². The van der Waals surface area contributed by atoms with Crippen LogP contribution in [0.25, 0.3) is 0 Å². The van der Waals surface area contributed by atoms with Crippen molar-refractivity contribution in [2.45, 2.75) is 123 Å². The number of thiophene rings is 1. The zero-order valence-corrected chi connectivity index (χ0v) is 21.9. The second-order valence-corrected chi connectivity index (χ2v) is 12.2. The number of rotatable bonds is 18. The molecule has 0 saturated heterocycles. The summed E-state index contributed by atoms with van der Waals surface area (Å²) in [5, 5.41) is 2.43. The first kappa shape index (κ1) is 24.5. The molecule has 0 amide bonds. The summed E-state index contributed by atoms with van der Waals surface area (Å²) < 4.78 is 1.61. The predicted molar refractivity (Wildman–Crippen MR) is 124 cm³/mol. The molecule has 0 nitrogen and oxygen atoms in total. The van der Waals surface area contributed by atoms with Crippen LogP contribution in [-0.4, -0.2) is 22.5 Å². The van der Waals surface area contributed by atoms with E-state index in [0.29, 0.717) is 0 Å². The monoisotopic (exact) mass is 484 g/mol. The van der Waals surface area contributed by atoms with Crippen molar-refractivity contribution >= 4 is 36.8 Å². The van der Waals surface area contributed by atoms with Gasteiger partial charge in [-0.1, -0.05) is 26.7 Å². The SMILES string of the molecule is CCCCCCCCCCC(CCCCCCCC)Cc1cs[c]([SnH])c1. The first-order valence-corrected chi connectivity index (χ1v) is 14.1. The van der Waals surface area contributed by atoms with Gasteiger partial charge in [-0.25, -0.2) is 0 Å². The molecule has 0 aliphatic carbocycles. The fourth-order valence-electron chi connectivity index (χ4n) is 3.96. The maximum absolute atomic E-state index is 2.48. The van der Waals surface area contributed by atoms with Crippen LogP contribution in [0, 0.1) is 5.92 Å². The van der Waals surface area contributed by atoms with Crippen molar-refractivity contribution in [1.29, 1.82) is 0 Å². The quantitative estimate of drug-likeness (QED) is 0.148. The normalized spacial score (nSPS) is 12.6. The number of hydrogen-bond acceptors (Lipinski definition) is 1. The maximum atomic E-state index is 2.48. The third-order valence-corrected chi connectivity index (χ3v) is 8.08. The Kier molecular flexibility index (Phi) is 16.6. The molecule has 2 radical (unpaired) electrons. The van der Waals surface area contributed by atoms with E-state index in [2.05, 4.69) is 25.3 Å². The van der Waals surface area contributed by atoms with Gasteiger partial charge in [-0.2, -0.15) is 0 Å². The fraction of sp³-hybridized carbons (Fsp3) is 0.833. The van der Waals surface area contributed by atoms with Gasteiger partial charge in [-0.3, -0.25) is 0 Å². The molecule has 1 aromatic rings. The van der Waals surface area contributed by atoms with Gasteiger partial charge in [0, 0.05) is 0 Å². The summed E-state index contributed by atoms with van der Waals surface area (Å²) >= 11 is 3.27. The number of unbranched alkanes of at least 4 members (excludes halogenated alkanes) is 12. The van der Waals surface area contributed by atoms with Crippen molar-refractivity contribution in [3.05, 3.63) is 17.0 Å². The van der Waals surface area contributed by atoms with Crippen molar-refractivity contribution in [1.82, 2.24) is 0 Å². The van der Waals surface area contributed by atoms with E-state index >= 15 is 0 Å². The van der Waals surface area contributed by atoms with Gasteiger partial charge in [0.15, 0.2) is 0 Å². The molecular formula is C24H44SSn. The van der Waals surface area contributed by atoms with Gasteiger partial charge in [-0.15, -0.1) is 0 Å². The Hall–Kier alpha value is 0.499. The Balaban J connectivity index is 2.19. The van der Waals surface area contributed by atoms with Gasteiger partial charge < -0.3 is 0 Å². The third kappa shape index (κ3) is 13.6. The summed E-state index contributed by atoms with van der Waals surface area (Å²) in [6.07, 6.45) is 24.5. The Morgan fingerprint density at radius 2 is 1.19 bits per heavy atom. The third-order valence-electron chi connectivity index (χ3n) is 5.63. The van der Waals surface area contributed by atoms with Crippen LogP contribution in [0.5, 0.6) is 0 Å². The van der Waals surface area contributed by atoms with Gasteiger partial charge in [0.2, 0.25) is 0 Å². The van der Waals surface area contributed by atoms with Crippen LogP contribution in [-0.2, 0) is 6.42 Å². The van der Waals surface area contributed by atoms with E-state index in [0.717, 1.165) is 5.92 Å². The first-order valence-electron chi connectivity index (χ1n) is 11.6. The summed E-state index contributed by atoms with van der Waals surface area (Å²) in [4.78, 5) is 0. The molecule has 0 aliphatic heterocycles. The molecule has 1 unspecified atom stereocenters. The summed E-state index contributed by atoms with van der Waals surface area (Å²) in [5.74, 6) is 0.941. The molecule has 150 valence electrons. The van der Waals surface area contributed by atoms with E-state index < -0.39 is 0 Å². The molecule has 1 aromatic heterocycles. The van der Waals surface area contributed by atoms with E-state index in [1.54, 1.807) is 8.46 Å². The molecule has 1 heterocycles. The van der Waals surface area contributed by atoms with Gasteiger partial charge >= 0.3 is 156 Å². The van der Waals surface area contributed by atoms with E-state index in [1.165, 1.54) is 132 Å². The minimum atomic E-state index is 0.941. The van der Waals surface area contributed by atoms with E-state index in [4.69, 9.17) is 0 Å². The molecule has 0 aromatic carbocycles. The van der Waals surface area contributed by atoms with E-state index in [-0.39, 0.29) is 0 Å². The van der Waals surface area contributed by atoms with Gasteiger partial charge in [0.1, 0.15) is 0 Å². The van der Waals surface area contributed by atoms with Crippen LogP contribution < -0.4 is 2.89 Å². The zero-order valence-electron chi connectivity index (χ0n) is 17.7. The Bertz CT molecular complexity index is 412. The van der Waals surface area contributed by atoms with Crippen LogP contribution >= 0.6 is 11.3 Å². The molecule has 0 N–H and O–H groups in total. The van der Waals surface area contributed by atoms with Crippen LogP contribution in [0.1, 0.15) is 122 Å². The van der Waals surface area contributed by atoms with Gasteiger partial charge in [0.05, 0.1) is 0 Å². The fourth-order valence-corrected chi connectivity index (χ4v) is 5.83. The zero-order chi connectivity index (χ0) is 18.9. The second-order valence-electron chi connectivity index (χ2n) is 8.25. The summed E-state index contributed by atoms with van der Waals surface area (Å²) in [6.45, 7) is 4.62. The van der Waals surface area contributed by atoms with E-state index in [1.807, 2.05) is 11.3 Å². The average Bonchev–Trinajstić information content (AvgIpc) is 3.04. The molecular weight excluding hydrogens is 439 g/mol. The van der Waals surface area contributed by atoms with Crippen LogP contribution in [0.4, 0.5) is 0 Å². The first-order chi connectivity index (χ1) is 12.8. The molecule has 2 heteroatoms. The standard InChI is InChI=1S/C24H43S.Sn.H/c1-3-5-7-9-11-12-14-16-18-23(21-24-19-20-25-22-24)17-15-13-10-8-6-4-2;;/h19,22-23H,3-18,21H2,1-2H3;;. The van der Waals surface area contributed by atoms with Crippen molar-refractivity contribution < 1.29 is 0 Å². The number of hydrogen-bond donors (Lipinski definition) is 0. The topological polar surface area (TPSA) is 0 Å². The van der Waals surface area contributed by atoms with Crippen molar-refractivity contribution in [3.8, 4) is 0 Å². The van der Waals surface area contributed by atoms with Crippen molar-refractivity contribution in [2.24, 2.45) is 5.92 Å². The molecule has 0 bridgehead atoms. The summed E-state index contributed by atoms with van der Waals surface area (Å²) in [7, 11) is 0. The predicted octanol–water partition coefficient (Wildman–Crippen LogP) is 7.71. The molecule has 0 spiro atoms. The van der Waals surface area contributed by atoms with Crippen LogP contribution in [0.2, 0.25) is 0 Å².